The number of H-pyrrole nitrogens is 1. The Morgan fingerprint density at radius 2 is 1.88 bits per heavy atom. The first kappa shape index (κ1) is 27.6. The topological polar surface area (TPSA) is 114 Å². The highest BCUT2D eigenvalue weighted by Gasteiger charge is 2.37. The van der Waals surface area contributed by atoms with Gasteiger partial charge in [-0.3, -0.25) is 9.78 Å². The number of ether oxygens (including phenoxy) is 2. The molecule has 5 rings (SSSR count). The highest BCUT2D eigenvalue weighted by molar-refractivity contribution is 6.18. The average Bonchev–Trinajstić information content (AvgIpc) is 3.29. The Morgan fingerprint density at radius 3 is 2.59 bits per heavy atom. The number of aromatic amines is 1. The molecule has 210 valence electrons. The molecule has 0 radical (unpaired) electrons. The number of rotatable bonds is 6. The quantitative estimate of drug-likeness (QED) is 0.311. The van der Waals surface area contributed by atoms with Crippen LogP contribution in [0.2, 0.25) is 0 Å². The van der Waals surface area contributed by atoms with Crippen LogP contribution in [0.3, 0.4) is 0 Å². The van der Waals surface area contributed by atoms with E-state index in [0.29, 0.717) is 28.2 Å². The number of benzene rings is 2. The summed E-state index contributed by atoms with van der Waals surface area (Å²) in [6.45, 7) is 6.25. The molecule has 3 heterocycles. The number of esters is 1. The van der Waals surface area contributed by atoms with Gasteiger partial charge in [-0.05, 0) is 61.0 Å². The molecular weight excluding hydrogens is 527 g/mol. The number of amides is 2. The third kappa shape index (κ3) is 5.81. The van der Waals surface area contributed by atoms with Gasteiger partial charge in [0.1, 0.15) is 11.6 Å². The van der Waals surface area contributed by atoms with Gasteiger partial charge in [-0.15, -0.1) is 0 Å². The molecule has 2 N–H and O–H groups in total. The Bertz CT molecular complexity index is 1640. The van der Waals surface area contributed by atoms with E-state index in [1.54, 1.807) is 37.4 Å². The summed E-state index contributed by atoms with van der Waals surface area (Å²) in [5, 5.41) is 3.47. The molecule has 2 aromatic heterocycles. The highest BCUT2D eigenvalue weighted by atomic mass is 19.1. The number of carbonyl (C=O) groups excluding carboxylic acids is 3. The van der Waals surface area contributed by atoms with Crippen LogP contribution in [-0.4, -0.2) is 46.0 Å². The van der Waals surface area contributed by atoms with Crippen molar-refractivity contribution >= 4 is 34.4 Å². The van der Waals surface area contributed by atoms with E-state index >= 15 is 0 Å². The van der Waals surface area contributed by atoms with Crippen LogP contribution in [0.4, 0.5) is 9.18 Å². The van der Waals surface area contributed by atoms with E-state index in [2.05, 4.69) is 15.3 Å². The zero-order valence-corrected chi connectivity index (χ0v) is 22.9. The largest absolute Gasteiger partial charge is 0.462 e. The van der Waals surface area contributed by atoms with Crippen molar-refractivity contribution in [2.45, 2.75) is 32.7 Å². The third-order valence-corrected chi connectivity index (χ3v) is 6.76. The highest BCUT2D eigenvalue weighted by Crippen LogP contribution is 2.41. The van der Waals surface area contributed by atoms with E-state index in [4.69, 9.17) is 9.47 Å². The first-order chi connectivity index (χ1) is 19.7. The molecule has 1 aliphatic heterocycles. The molecule has 0 atom stereocenters. The van der Waals surface area contributed by atoms with E-state index in [-0.39, 0.29) is 31.2 Å². The summed E-state index contributed by atoms with van der Waals surface area (Å²) in [5.74, 6) is -1.11. The number of pyridine rings is 1. The summed E-state index contributed by atoms with van der Waals surface area (Å²) in [6, 6.07) is 15.9. The first-order valence-corrected chi connectivity index (χ1v) is 13.1. The van der Waals surface area contributed by atoms with Crippen molar-refractivity contribution in [3.05, 3.63) is 101 Å². The lowest BCUT2D eigenvalue weighted by Crippen LogP contribution is -2.37. The number of nitrogens with one attached hydrogen (secondary N) is 2. The van der Waals surface area contributed by atoms with Crippen molar-refractivity contribution in [2.24, 2.45) is 0 Å². The van der Waals surface area contributed by atoms with Crippen LogP contribution in [-0.2, 0) is 21.5 Å². The summed E-state index contributed by atoms with van der Waals surface area (Å²) >= 11 is 0. The normalized spacial score (nSPS) is 14.0. The second-order valence-corrected chi connectivity index (χ2v) is 10.2. The fraction of sp³-hybridized carbons (Fsp3) is 0.226. The molecule has 41 heavy (non-hydrogen) atoms. The minimum Gasteiger partial charge on any atom is -0.462 e. The molecule has 10 heteroatoms. The number of carbonyl (C=O) groups is 3. The molecule has 9 nitrogen and oxygen atoms in total. The van der Waals surface area contributed by atoms with Crippen molar-refractivity contribution in [1.29, 1.82) is 0 Å². The maximum absolute atomic E-state index is 13.5. The van der Waals surface area contributed by atoms with Gasteiger partial charge in [0.15, 0.2) is 0 Å². The number of halogens is 1. The Hall–Kier alpha value is -4.99. The number of hydrogen-bond acceptors (Lipinski definition) is 6. The fourth-order valence-corrected chi connectivity index (χ4v) is 4.98. The van der Waals surface area contributed by atoms with Crippen LogP contribution < -0.4 is 10.1 Å². The predicted molar refractivity (Wildman–Crippen MR) is 150 cm³/mol. The summed E-state index contributed by atoms with van der Waals surface area (Å²) < 4.78 is 24.3. The van der Waals surface area contributed by atoms with E-state index in [0.717, 1.165) is 10.9 Å². The van der Waals surface area contributed by atoms with E-state index in [1.165, 1.54) is 35.4 Å². The van der Waals surface area contributed by atoms with Crippen LogP contribution >= 0.6 is 0 Å². The average molecular weight is 557 g/mol. The molecule has 2 amide bonds. The zero-order valence-electron chi connectivity index (χ0n) is 22.9. The second-order valence-electron chi connectivity index (χ2n) is 10.2. The third-order valence-electron chi connectivity index (χ3n) is 6.76. The lowest BCUT2D eigenvalue weighted by molar-refractivity contribution is -0.136. The fourth-order valence-electron chi connectivity index (χ4n) is 4.98. The van der Waals surface area contributed by atoms with Crippen molar-refractivity contribution in [1.82, 2.24) is 20.2 Å². The summed E-state index contributed by atoms with van der Waals surface area (Å²) in [7, 11) is 0. The maximum Gasteiger partial charge on any atom is 0.412 e. The molecule has 0 saturated heterocycles. The Balaban J connectivity index is 1.49. The summed E-state index contributed by atoms with van der Waals surface area (Å²) in [5.41, 5.74) is 2.50. The second kappa shape index (κ2) is 11.2. The molecule has 0 unspecified atom stereocenters. The van der Waals surface area contributed by atoms with Gasteiger partial charge in [0, 0.05) is 46.9 Å². The van der Waals surface area contributed by atoms with Gasteiger partial charge in [0.25, 0.3) is 5.91 Å². The van der Waals surface area contributed by atoms with Gasteiger partial charge in [-0.25, -0.2) is 14.0 Å². The Kier molecular flexibility index (Phi) is 7.56. The number of nitrogens with zero attached hydrogens (tertiary/aromatic N) is 2. The smallest absolute Gasteiger partial charge is 0.412 e. The van der Waals surface area contributed by atoms with Crippen LogP contribution in [0.25, 0.3) is 16.5 Å². The molecule has 0 bridgehead atoms. The molecule has 0 fully saturated rings. The van der Waals surface area contributed by atoms with Gasteiger partial charge >= 0.3 is 12.1 Å². The van der Waals surface area contributed by atoms with Crippen molar-refractivity contribution in [3.63, 3.8) is 0 Å². The molecule has 4 aromatic rings. The van der Waals surface area contributed by atoms with Crippen molar-refractivity contribution in [2.75, 3.05) is 13.2 Å². The standard InChI is InChI=1S/C31H29FN4O5/c1-4-40-29(38)24-17-36(28(37)19-8-10-20(32)11-9-19)18-31(2,3)26-23-13-12-22(15-25(23)35-27(24)26)41-30(39)34-16-21-7-5-6-14-33-21/h5-15,17,35H,4,16,18H2,1-3H3,(H,34,39). The van der Waals surface area contributed by atoms with Crippen molar-refractivity contribution in [3.8, 4) is 5.75 Å². The van der Waals surface area contributed by atoms with Crippen LogP contribution in [0.1, 0.15) is 48.1 Å². The van der Waals surface area contributed by atoms with E-state index < -0.39 is 23.3 Å². The Morgan fingerprint density at radius 1 is 1.10 bits per heavy atom. The molecular formula is C31H29FN4O5. The van der Waals surface area contributed by atoms with Crippen LogP contribution in [0.15, 0.2) is 73.1 Å². The SMILES string of the molecule is CCOC(=O)C1=CN(C(=O)c2ccc(F)cc2)CC(C)(C)c2c1[nH]c1cc(OC(=O)NCc3ccccn3)ccc21. The van der Waals surface area contributed by atoms with Crippen LogP contribution in [0, 0.1) is 5.82 Å². The Labute approximate surface area is 236 Å². The van der Waals surface area contributed by atoms with Gasteiger partial charge in [0.2, 0.25) is 0 Å². The lowest BCUT2D eigenvalue weighted by Gasteiger charge is -2.29. The van der Waals surface area contributed by atoms with E-state index in [1.807, 2.05) is 26.0 Å². The molecule has 0 aliphatic carbocycles. The predicted octanol–water partition coefficient (Wildman–Crippen LogP) is 5.33. The summed E-state index contributed by atoms with van der Waals surface area (Å²) in [4.78, 5) is 48.0. The van der Waals surface area contributed by atoms with Crippen molar-refractivity contribution < 1.29 is 28.2 Å². The molecule has 1 aliphatic rings. The van der Waals surface area contributed by atoms with Gasteiger partial charge in [-0.2, -0.15) is 0 Å². The van der Waals surface area contributed by atoms with Gasteiger partial charge < -0.3 is 24.7 Å². The lowest BCUT2D eigenvalue weighted by atomic mass is 9.81. The zero-order chi connectivity index (χ0) is 29.1. The van der Waals surface area contributed by atoms with Gasteiger partial charge in [-0.1, -0.05) is 19.9 Å². The number of aromatic nitrogens is 2. The van der Waals surface area contributed by atoms with Crippen LogP contribution in [0.5, 0.6) is 5.75 Å². The molecule has 0 saturated carbocycles. The minimum atomic E-state index is -0.634. The first-order valence-electron chi connectivity index (χ1n) is 13.1. The molecule has 0 spiro atoms. The van der Waals surface area contributed by atoms with E-state index in [9.17, 15) is 18.8 Å². The number of fused-ring (bicyclic) bond motifs is 3. The number of hydrogen-bond donors (Lipinski definition) is 2. The van der Waals surface area contributed by atoms with Gasteiger partial charge in [0.05, 0.1) is 30.1 Å². The molecule has 2 aromatic carbocycles. The minimum absolute atomic E-state index is 0.145. The maximum atomic E-state index is 13.5. The monoisotopic (exact) mass is 556 g/mol. The summed E-state index contributed by atoms with van der Waals surface area (Å²) in [6.07, 6.45) is 2.49.